The normalized spacial score (nSPS) is 11.2. The van der Waals surface area contributed by atoms with Crippen LogP contribution in [-0.2, 0) is 15.6 Å². The van der Waals surface area contributed by atoms with E-state index >= 15 is 0 Å². The number of rotatable bonds is 7. The lowest BCUT2D eigenvalue weighted by Crippen LogP contribution is -2.16. The van der Waals surface area contributed by atoms with Gasteiger partial charge in [0.25, 0.3) is 5.69 Å². The lowest BCUT2D eigenvalue weighted by Gasteiger charge is -2.12. The van der Waals surface area contributed by atoms with Crippen LogP contribution in [-0.4, -0.2) is 26.4 Å². The Morgan fingerprint density at radius 3 is 2.43 bits per heavy atom. The number of nitrogens with one attached hydrogen (secondary N) is 1. The van der Waals surface area contributed by atoms with E-state index in [1.165, 1.54) is 12.1 Å². The number of hydrogen-bond donors (Lipinski definition) is 2. The molecule has 0 aliphatic carbocycles. The van der Waals surface area contributed by atoms with Crippen LogP contribution < -0.4 is 11.1 Å². The third kappa shape index (κ3) is 4.27. The quantitative estimate of drug-likeness (QED) is 0.590. The molecule has 7 nitrogen and oxygen atoms in total. The maximum atomic E-state index is 12.7. The van der Waals surface area contributed by atoms with Crippen LogP contribution in [0.25, 0.3) is 0 Å². The van der Waals surface area contributed by atoms with Gasteiger partial charge in [-0.05, 0) is 11.6 Å². The number of anilines is 1. The Kier molecular flexibility index (Phi) is 5.30. The minimum atomic E-state index is -3.74. The highest BCUT2D eigenvalue weighted by molar-refractivity contribution is 7.90. The van der Waals surface area contributed by atoms with Crippen molar-refractivity contribution in [2.45, 2.75) is 10.6 Å². The second kappa shape index (κ2) is 7.21. The van der Waals surface area contributed by atoms with E-state index in [0.29, 0.717) is 24.3 Å². The van der Waals surface area contributed by atoms with Gasteiger partial charge in [-0.15, -0.1) is 0 Å². The van der Waals surface area contributed by atoms with Gasteiger partial charge in [-0.3, -0.25) is 10.1 Å². The summed E-state index contributed by atoms with van der Waals surface area (Å²) in [6.45, 7) is 0.681. The summed E-state index contributed by atoms with van der Waals surface area (Å²) in [6.07, 6.45) is 0. The maximum absolute atomic E-state index is 12.7. The van der Waals surface area contributed by atoms with Gasteiger partial charge in [0.05, 0.1) is 21.3 Å². The van der Waals surface area contributed by atoms with Crippen LogP contribution >= 0.6 is 0 Å². The molecule has 2 aromatic carbocycles. The Morgan fingerprint density at radius 2 is 1.83 bits per heavy atom. The average molecular weight is 335 g/mol. The van der Waals surface area contributed by atoms with Crippen LogP contribution in [0.15, 0.2) is 53.4 Å². The highest BCUT2D eigenvalue weighted by Gasteiger charge is 2.22. The van der Waals surface area contributed by atoms with Gasteiger partial charge in [-0.1, -0.05) is 30.3 Å². The van der Waals surface area contributed by atoms with Crippen molar-refractivity contribution in [1.29, 1.82) is 0 Å². The predicted octanol–water partition coefficient (Wildman–Crippen LogP) is 1.94. The molecule has 122 valence electrons. The van der Waals surface area contributed by atoms with Crippen LogP contribution in [0, 0.1) is 10.1 Å². The molecule has 2 aromatic rings. The Bertz CT molecular complexity index is 792. The highest BCUT2D eigenvalue weighted by atomic mass is 32.2. The molecule has 0 radical (unpaired) electrons. The minimum absolute atomic E-state index is 0.0935. The van der Waals surface area contributed by atoms with Gasteiger partial charge in [0.2, 0.25) is 0 Å². The number of nitro benzene ring substituents is 1. The number of nitrogens with zero attached hydrogens (tertiary/aromatic N) is 1. The molecule has 0 spiro atoms. The number of nitro groups is 1. The highest BCUT2D eigenvalue weighted by Crippen LogP contribution is 2.29. The molecular weight excluding hydrogens is 318 g/mol. The molecule has 0 saturated carbocycles. The average Bonchev–Trinajstić information content (AvgIpc) is 2.53. The molecule has 3 N–H and O–H groups in total. The van der Waals surface area contributed by atoms with Gasteiger partial charge in [0.1, 0.15) is 0 Å². The van der Waals surface area contributed by atoms with Crippen LogP contribution in [0.4, 0.5) is 11.4 Å². The molecule has 8 heteroatoms. The number of hydrogen-bond acceptors (Lipinski definition) is 6. The second-order valence-corrected chi connectivity index (χ2v) is 6.86. The Morgan fingerprint density at radius 1 is 1.13 bits per heavy atom. The molecule has 0 amide bonds. The topological polar surface area (TPSA) is 115 Å². The molecule has 0 atom stereocenters. The van der Waals surface area contributed by atoms with E-state index in [-0.39, 0.29) is 16.3 Å². The molecule has 0 fully saturated rings. The SMILES string of the molecule is NCCNc1ccc([N+](=O)[O-])cc1S(=O)(=O)Cc1ccccc1. The summed E-state index contributed by atoms with van der Waals surface area (Å²) in [5.41, 5.74) is 6.08. The molecule has 0 heterocycles. The summed E-state index contributed by atoms with van der Waals surface area (Å²) >= 11 is 0. The van der Waals surface area contributed by atoms with Crippen LogP contribution in [0.2, 0.25) is 0 Å². The van der Waals surface area contributed by atoms with Gasteiger partial charge in [-0.25, -0.2) is 8.42 Å². The molecule has 0 bridgehead atoms. The molecule has 0 aliphatic rings. The van der Waals surface area contributed by atoms with Crippen LogP contribution in [0.1, 0.15) is 5.56 Å². The first-order valence-electron chi connectivity index (χ1n) is 6.93. The lowest BCUT2D eigenvalue weighted by atomic mass is 10.2. The largest absolute Gasteiger partial charge is 0.383 e. The third-order valence-electron chi connectivity index (χ3n) is 3.17. The van der Waals surface area contributed by atoms with Crippen molar-refractivity contribution in [2.75, 3.05) is 18.4 Å². The van der Waals surface area contributed by atoms with Crippen molar-refractivity contribution in [2.24, 2.45) is 5.73 Å². The van der Waals surface area contributed by atoms with Gasteiger partial charge in [0.15, 0.2) is 9.84 Å². The minimum Gasteiger partial charge on any atom is -0.383 e. The van der Waals surface area contributed by atoms with Crippen molar-refractivity contribution in [3.8, 4) is 0 Å². The van der Waals surface area contributed by atoms with Crippen molar-refractivity contribution in [3.63, 3.8) is 0 Å². The first kappa shape index (κ1) is 16.9. The summed E-state index contributed by atoms with van der Waals surface area (Å²) in [5.74, 6) is -0.230. The van der Waals surface area contributed by atoms with E-state index in [1.54, 1.807) is 30.3 Å². The number of nitrogens with two attached hydrogens (primary N) is 1. The molecule has 2 rings (SSSR count). The lowest BCUT2D eigenvalue weighted by molar-refractivity contribution is -0.385. The zero-order valence-electron chi connectivity index (χ0n) is 12.3. The summed E-state index contributed by atoms with van der Waals surface area (Å²) in [4.78, 5) is 10.2. The Balaban J connectivity index is 2.44. The van der Waals surface area contributed by atoms with Gasteiger partial charge in [-0.2, -0.15) is 0 Å². The summed E-state index contributed by atoms with van der Waals surface area (Å²) in [5, 5.41) is 13.8. The monoisotopic (exact) mass is 335 g/mol. The molecule has 0 saturated heterocycles. The summed E-state index contributed by atoms with van der Waals surface area (Å²) in [6, 6.07) is 12.4. The molecule has 0 unspecified atom stereocenters. The van der Waals surface area contributed by atoms with E-state index in [9.17, 15) is 18.5 Å². The first-order chi connectivity index (χ1) is 10.9. The molecular formula is C15H17N3O4S. The van der Waals surface area contributed by atoms with E-state index < -0.39 is 14.8 Å². The number of non-ortho nitro benzene ring substituents is 1. The fraction of sp³-hybridized carbons (Fsp3) is 0.200. The zero-order chi connectivity index (χ0) is 16.9. The Hall–Kier alpha value is -2.45. The van der Waals surface area contributed by atoms with Crippen molar-refractivity contribution < 1.29 is 13.3 Å². The predicted molar refractivity (Wildman–Crippen MR) is 88.0 cm³/mol. The Labute approximate surface area is 134 Å². The standard InChI is InChI=1S/C15H17N3O4S/c16-8-9-17-14-7-6-13(18(19)20)10-15(14)23(21,22)11-12-4-2-1-3-5-12/h1-7,10,17H,8-9,11,16H2. The van der Waals surface area contributed by atoms with Gasteiger partial charge >= 0.3 is 0 Å². The fourth-order valence-electron chi connectivity index (χ4n) is 2.11. The smallest absolute Gasteiger partial charge is 0.270 e. The van der Waals surface area contributed by atoms with Gasteiger partial charge in [0, 0.05) is 25.2 Å². The van der Waals surface area contributed by atoms with E-state index in [0.717, 1.165) is 6.07 Å². The third-order valence-corrected chi connectivity index (χ3v) is 4.89. The molecule has 0 aromatic heterocycles. The van der Waals surface area contributed by atoms with Gasteiger partial charge < -0.3 is 11.1 Å². The summed E-state index contributed by atoms with van der Waals surface area (Å²) < 4.78 is 25.3. The molecule has 0 aliphatic heterocycles. The summed E-state index contributed by atoms with van der Waals surface area (Å²) in [7, 11) is -3.74. The number of sulfone groups is 1. The van der Waals surface area contributed by atoms with Crippen LogP contribution in [0.3, 0.4) is 0 Å². The van der Waals surface area contributed by atoms with E-state index in [1.807, 2.05) is 0 Å². The maximum Gasteiger partial charge on any atom is 0.270 e. The molecule has 23 heavy (non-hydrogen) atoms. The van der Waals surface area contributed by atoms with Crippen molar-refractivity contribution in [1.82, 2.24) is 0 Å². The fourth-order valence-corrected chi connectivity index (χ4v) is 3.67. The first-order valence-corrected chi connectivity index (χ1v) is 8.58. The second-order valence-electron chi connectivity index (χ2n) is 4.90. The van der Waals surface area contributed by atoms with Crippen LogP contribution in [0.5, 0.6) is 0 Å². The van der Waals surface area contributed by atoms with E-state index in [2.05, 4.69) is 5.32 Å². The van der Waals surface area contributed by atoms with E-state index in [4.69, 9.17) is 5.73 Å². The number of benzene rings is 2. The van der Waals surface area contributed by atoms with Crippen molar-refractivity contribution >= 4 is 21.2 Å². The van der Waals surface area contributed by atoms with Crippen molar-refractivity contribution in [3.05, 3.63) is 64.2 Å². The zero-order valence-corrected chi connectivity index (χ0v) is 13.1.